The number of para-hydroxylation sites is 1. The molecule has 0 saturated carbocycles. The van der Waals surface area contributed by atoms with E-state index in [0.29, 0.717) is 17.0 Å². The fourth-order valence-corrected chi connectivity index (χ4v) is 3.39. The van der Waals surface area contributed by atoms with E-state index in [9.17, 15) is 9.59 Å². The Labute approximate surface area is 195 Å². The molecule has 0 unspecified atom stereocenters. The summed E-state index contributed by atoms with van der Waals surface area (Å²) in [5.41, 5.74) is 2.13. The number of anilines is 2. The van der Waals surface area contributed by atoms with Crippen LogP contribution < -0.4 is 15.4 Å². The van der Waals surface area contributed by atoms with Gasteiger partial charge in [0.25, 0.3) is 5.91 Å². The molecule has 0 radical (unpaired) electrons. The highest BCUT2D eigenvalue weighted by Gasteiger charge is 2.14. The van der Waals surface area contributed by atoms with Crippen LogP contribution in [0.25, 0.3) is 0 Å². The maximum absolute atomic E-state index is 12.7. The number of nitrogens with zero attached hydrogens (tertiary/aromatic N) is 1. The van der Waals surface area contributed by atoms with Gasteiger partial charge in [0.2, 0.25) is 5.91 Å². The second kappa shape index (κ2) is 12.3. The van der Waals surface area contributed by atoms with Gasteiger partial charge in [0, 0.05) is 30.0 Å². The molecule has 0 aliphatic heterocycles. The molecule has 0 heterocycles. The molecule has 2 N–H and O–H groups in total. The van der Waals surface area contributed by atoms with Crippen LogP contribution in [0.3, 0.4) is 0 Å². The van der Waals surface area contributed by atoms with Crippen molar-refractivity contribution in [1.29, 1.82) is 0 Å². The highest BCUT2D eigenvalue weighted by molar-refractivity contribution is 5.95. The predicted octanol–water partition coefficient (Wildman–Crippen LogP) is 5.79. The zero-order chi connectivity index (χ0) is 23.5. The molecule has 6 heteroatoms. The molecule has 3 aromatic rings. The van der Waals surface area contributed by atoms with Gasteiger partial charge in [-0.1, -0.05) is 32.0 Å². The first kappa shape index (κ1) is 23.9. The maximum atomic E-state index is 12.7. The minimum absolute atomic E-state index is 0.0442. The summed E-state index contributed by atoms with van der Waals surface area (Å²) in [4.78, 5) is 26.8. The molecule has 0 fully saturated rings. The first-order valence-electron chi connectivity index (χ1n) is 11.3. The monoisotopic (exact) mass is 445 g/mol. The van der Waals surface area contributed by atoms with Crippen molar-refractivity contribution in [1.82, 2.24) is 4.90 Å². The summed E-state index contributed by atoms with van der Waals surface area (Å²) in [5.74, 6) is 1.34. The Morgan fingerprint density at radius 1 is 0.758 bits per heavy atom. The van der Waals surface area contributed by atoms with Crippen LogP contribution in [0, 0.1) is 0 Å². The van der Waals surface area contributed by atoms with Crippen molar-refractivity contribution in [3.05, 3.63) is 84.4 Å². The highest BCUT2D eigenvalue weighted by atomic mass is 16.5. The molecule has 0 aromatic heterocycles. The minimum atomic E-state index is -0.163. The Hall–Kier alpha value is -3.80. The lowest BCUT2D eigenvalue weighted by Gasteiger charge is -2.21. The lowest BCUT2D eigenvalue weighted by Crippen LogP contribution is -2.32. The van der Waals surface area contributed by atoms with E-state index in [1.165, 1.54) is 0 Å². The van der Waals surface area contributed by atoms with Gasteiger partial charge >= 0.3 is 0 Å². The van der Waals surface area contributed by atoms with Crippen molar-refractivity contribution >= 4 is 23.2 Å². The van der Waals surface area contributed by atoms with Crippen LogP contribution >= 0.6 is 0 Å². The molecule has 3 aromatic carbocycles. The summed E-state index contributed by atoms with van der Waals surface area (Å²) in [6.07, 6.45) is 1.87. The van der Waals surface area contributed by atoms with Crippen molar-refractivity contribution in [3.63, 3.8) is 0 Å². The van der Waals surface area contributed by atoms with Gasteiger partial charge in [0.15, 0.2) is 0 Å². The summed E-state index contributed by atoms with van der Waals surface area (Å²) >= 11 is 0. The molecule has 0 aliphatic rings. The second-order valence-electron chi connectivity index (χ2n) is 7.71. The number of hydrogen-bond donors (Lipinski definition) is 2. The Balaban J connectivity index is 1.48. The Bertz CT molecular complexity index is 1010. The van der Waals surface area contributed by atoms with Gasteiger partial charge in [0.05, 0.1) is 6.54 Å². The molecule has 6 nitrogen and oxygen atoms in total. The van der Waals surface area contributed by atoms with E-state index in [1.54, 1.807) is 24.3 Å². The van der Waals surface area contributed by atoms with Crippen LogP contribution in [-0.2, 0) is 4.79 Å². The lowest BCUT2D eigenvalue weighted by molar-refractivity contribution is -0.114. The summed E-state index contributed by atoms with van der Waals surface area (Å²) in [6.45, 7) is 5.77. The number of rotatable bonds is 11. The number of benzene rings is 3. The molecule has 33 heavy (non-hydrogen) atoms. The second-order valence-corrected chi connectivity index (χ2v) is 7.71. The van der Waals surface area contributed by atoms with Crippen LogP contribution in [0.2, 0.25) is 0 Å². The molecule has 0 saturated heterocycles. The number of amides is 2. The van der Waals surface area contributed by atoms with Crippen molar-refractivity contribution < 1.29 is 14.3 Å². The topological polar surface area (TPSA) is 70.7 Å². The van der Waals surface area contributed by atoms with Crippen LogP contribution in [-0.4, -0.2) is 36.3 Å². The van der Waals surface area contributed by atoms with Gasteiger partial charge in [0.1, 0.15) is 11.5 Å². The lowest BCUT2D eigenvalue weighted by atomic mass is 10.1. The number of carbonyl (C=O) groups is 2. The average molecular weight is 446 g/mol. The fourth-order valence-electron chi connectivity index (χ4n) is 3.39. The number of hydrogen-bond acceptors (Lipinski definition) is 4. The first-order valence-corrected chi connectivity index (χ1v) is 11.3. The largest absolute Gasteiger partial charge is 0.457 e. The Morgan fingerprint density at radius 2 is 1.33 bits per heavy atom. The van der Waals surface area contributed by atoms with E-state index in [0.717, 1.165) is 37.4 Å². The summed E-state index contributed by atoms with van der Waals surface area (Å²) in [5, 5.41) is 5.95. The van der Waals surface area contributed by atoms with Gasteiger partial charge in [-0.05, 0) is 73.5 Å². The van der Waals surface area contributed by atoms with Crippen LogP contribution in [0.5, 0.6) is 11.5 Å². The summed E-state index contributed by atoms with van der Waals surface area (Å²) < 4.78 is 5.76. The number of nitrogens with one attached hydrogen (secondary N) is 2. The number of ether oxygens (including phenoxy) is 1. The predicted molar refractivity (Wildman–Crippen MR) is 133 cm³/mol. The smallest absolute Gasteiger partial charge is 0.253 e. The quantitative estimate of drug-likeness (QED) is 0.392. The molecule has 0 aliphatic carbocycles. The summed E-state index contributed by atoms with van der Waals surface area (Å²) in [7, 11) is 0. The third kappa shape index (κ3) is 7.38. The van der Waals surface area contributed by atoms with Crippen LogP contribution in [0.15, 0.2) is 78.9 Å². The third-order valence-corrected chi connectivity index (χ3v) is 4.98. The van der Waals surface area contributed by atoms with E-state index in [1.807, 2.05) is 59.5 Å². The van der Waals surface area contributed by atoms with E-state index >= 15 is 0 Å². The minimum Gasteiger partial charge on any atom is -0.457 e. The molecule has 0 spiro atoms. The molecule has 0 atom stereocenters. The van der Waals surface area contributed by atoms with Crippen molar-refractivity contribution in [2.75, 3.05) is 30.3 Å². The zero-order valence-corrected chi connectivity index (χ0v) is 19.2. The standard InChI is InChI=1S/C27H31N3O3/c1-3-18-30(19-4-2)27(32)21-10-12-22(13-11-21)28-20-26(31)29-23-14-16-25(17-15-23)33-24-8-6-5-7-9-24/h5-17,28H,3-4,18-20H2,1-2H3,(H,29,31). The SMILES string of the molecule is CCCN(CCC)C(=O)c1ccc(NCC(=O)Nc2ccc(Oc3ccccc3)cc2)cc1. The van der Waals surface area contributed by atoms with Gasteiger partial charge in [-0.2, -0.15) is 0 Å². The van der Waals surface area contributed by atoms with E-state index in [-0.39, 0.29) is 18.4 Å². The molecular weight excluding hydrogens is 414 g/mol. The van der Waals surface area contributed by atoms with Gasteiger partial charge in [-0.3, -0.25) is 9.59 Å². The van der Waals surface area contributed by atoms with Crippen molar-refractivity contribution in [2.45, 2.75) is 26.7 Å². The van der Waals surface area contributed by atoms with E-state index < -0.39 is 0 Å². The average Bonchev–Trinajstić information content (AvgIpc) is 2.84. The van der Waals surface area contributed by atoms with Gasteiger partial charge in [-0.15, -0.1) is 0 Å². The van der Waals surface area contributed by atoms with Crippen LogP contribution in [0.1, 0.15) is 37.0 Å². The summed E-state index contributed by atoms with van der Waals surface area (Å²) in [6, 6.07) is 24.0. The van der Waals surface area contributed by atoms with Gasteiger partial charge < -0.3 is 20.3 Å². The van der Waals surface area contributed by atoms with E-state index in [2.05, 4.69) is 24.5 Å². The normalized spacial score (nSPS) is 10.4. The maximum Gasteiger partial charge on any atom is 0.253 e. The van der Waals surface area contributed by atoms with Gasteiger partial charge in [-0.25, -0.2) is 0 Å². The third-order valence-electron chi connectivity index (χ3n) is 4.98. The van der Waals surface area contributed by atoms with Crippen molar-refractivity contribution in [3.8, 4) is 11.5 Å². The number of carbonyl (C=O) groups excluding carboxylic acids is 2. The molecule has 172 valence electrons. The Morgan fingerprint density at radius 3 is 1.94 bits per heavy atom. The molecular formula is C27H31N3O3. The Kier molecular flexibility index (Phi) is 8.88. The van der Waals surface area contributed by atoms with E-state index in [4.69, 9.17) is 4.74 Å². The first-order chi connectivity index (χ1) is 16.1. The molecule has 2 amide bonds. The molecule has 0 bridgehead atoms. The van der Waals surface area contributed by atoms with Crippen molar-refractivity contribution in [2.24, 2.45) is 0 Å². The molecule has 3 rings (SSSR count). The van der Waals surface area contributed by atoms with Crippen LogP contribution in [0.4, 0.5) is 11.4 Å². The fraction of sp³-hybridized carbons (Fsp3) is 0.259. The highest BCUT2D eigenvalue weighted by Crippen LogP contribution is 2.22. The zero-order valence-electron chi connectivity index (χ0n) is 19.2.